The molecule has 19 heavy (non-hydrogen) atoms. The topological polar surface area (TPSA) is 49.3 Å². The first-order valence-electron chi connectivity index (χ1n) is 6.16. The van der Waals surface area contributed by atoms with Gasteiger partial charge < -0.3 is 10.4 Å². The minimum atomic E-state index is 0.0208. The molecule has 0 saturated heterocycles. The minimum absolute atomic E-state index is 0.0208. The van der Waals surface area contributed by atoms with Crippen LogP contribution >= 0.6 is 11.8 Å². The predicted octanol–water partition coefficient (Wildman–Crippen LogP) is 2.42. The van der Waals surface area contributed by atoms with Crippen LogP contribution in [0.15, 0.2) is 18.2 Å². The molecule has 0 saturated carbocycles. The van der Waals surface area contributed by atoms with Gasteiger partial charge in [0.25, 0.3) is 0 Å². The summed E-state index contributed by atoms with van der Waals surface area (Å²) < 4.78 is 0. The number of thioether (sulfide) groups is 1. The van der Waals surface area contributed by atoms with Gasteiger partial charge in [0.2, 0.25) is 5.91 Å². The summed E-state index contributed by atoms with van der Waals surface area (Å²) in [6.07, 6.45) is 2.96. The van der Waals surface area contributed by atoms with Crippen LogP contribution in [0, 0.1) is 18.8 Å². The smallest absolute Gasteiger partial charge is 0.225 e. The Morgan fingerprint density at radius 3 is 2.95 bits per heavy atom. The van der Waals surface area contributed by atoms with E-state index >= 15 is 0 Å². The number of amides is 1. The molecule has 1 amide bonds. The highest BCUT2D eigenvalue weighted by molar-refractivity contribution is 7.98. The Kier molecular flexibility index (Phi) is 7.09. The quantitative estimate of drug-likeness (QED) is 0.813. The second-order valence-corrected chi connectivity index (χ2v) is 5.08. The molecule has 0 fully saturated rings. The van der Waals surface area contributed by atoms with E-state index in [-0.39, 0.29) is 12.5 Å². The first-order chi connectivity index (χ1) is 9.17. The molecule has 0 atom stereocenters. The number of benzene rings is 1. The molecular weight excluding hydrogens is 258 g/mol. The molecule has 0 aliphatic heterocycles. The van der Waals surface area contributed by atoms with Crippen molar-refractivity contribution in [1.82, 2.24) is 0 Å². The summed E-state index contributed by atoms with van der Waals surface area (Å²) >= 11 is 1.65. The SMILES string of the molecule is CSCCC(=O)Nc1ccc(C)c(C#CCCO)c1. The third kappa shape index (κ3) is 5.82. The Morgan fingerprint density at radius 2 is 2.26 bits per heavy atom. The molecule has 4 heteroatoms. The van der Waals surface area contributed by atoms with Crippen molar-refractivity contribution in [2.75, 3.05) is 23.9 Å². The summed E-state index contributed by atoms with van der Waals surface area (Å²) in [6.45, 7) is 2.04. The lowest BCUT2D eigenvalue weighted by Crippen LogP contribution is -2.12. The monoisotopic (exact) mass is 277 g/mol. The maximum absolute atomic E-state index is 11.6. The van der Waals surface area contributed by atoms with Crippen LogP contribution in [0.25, 0.3) is 0 Å². The van der Waals surface area contributed by atoms with Crippen LogP contribution in [0.3, 0.4) is 0 Å². The lowest BCUT2D eigenvalue weighted by molar-refractivity contribution is -0.115. The van der Waals surface area contributed by atoms with Crippen LogP contribution in [0.1, 0.15) is 24.0 Å². The van der Waals surface area contributed by atoms with Gasteiger partial charge in [0.05, 0.1) is 6.61 Å². The Balaban J connectivity index is 2.73. The average Bonchev–Trinajstić information content (AvgIpc) is 2.40. The second-order valence-electron chi connectivity index (χ2n) is 4.10. The van der Waals surface area contributed by atoms with Gasteiger partial charge in [0.1, 0.15) is 0 Å². The predicted molar refractivity (Wildman–Crippen MR) is 81.4 cm³/mol. The van der Waals surface area contributed by atoms with Crippen molar-refractivity contribution < 1.29 is 9.90 Å². The van der Waals surface area contributed by atoms with Crippen molar-refractivity contribution in [2.24, 2.45) is 0 Å². The van der Waals surface area contributed by atoms with Crippen molar-refractivity contribution in [3.63, 3.8) is 0 Å². The summed E-state index contributed by atoms with van der Waals surface area (Å²) in [5.41, 5.74) is 2.72. The summed E-state index contributed by atoms with van der Waals surface area (Å²) in [6, 6.07) is 5.69. The van der Waals surface area contributed by atoms with E-state index in [1.807, 2.05) is 31.4 Å². The second kappa shape index (κ2) is 8.63. The van der Waals surface area contributed by atoms with Crippen LogP contribution in [-0.4, -0.2) is 29.6 Å². The van der Waals surface area contributed by atoms with Crippen molar-refractivity contribution in [3.05, 3.63) is 29.3 Å². The first kappa shape index (κ1) is 15.6. The largest absolute Gasteiger partial charge is 0.395 e. The molecule has 0 radical (unpaired) electrons. The number of nitrogens with one attached hydrogen (secondary N) is 1. The highest BCUT2D eigenvalue weighted by Gasteiger charge is 2.03. The molecule has 0 unspecified atom stereocenters. The Morgan fingerprint density at radius 1 is 1.47 bits per heavy atom. The van der Waals surface area contributed by atoms with Gasteiger partial charge in [-0.15, -0.1) is 0 Å². The maximum atomic E-state index is 11.6. The number of hydrogen-bond acceptors (Lipinski definition) is 3. The van der Waals surface area contributed by atoms with Crippen molar-refractivity contribution in [1.29, 1.82) is 0 Å². The molecule has 2 N–H and O–H groups in total. The molecule has 1 rings (SSSR count). The maximum Gasteiger partial charge on any atom is 0.225 e. The number of anilines is 1. The van der Waals surface area contributed by atoms with Gasteiger partial charge >= 0.3 is 0 Å². The van der Waals surface area contributed by atoms with Crippen molar-refractivity contribution >= 4 is 23.4 Å². The van der Waals surface area contributed by atoms with E-state index in [1.54, 1.807) is 11.8 Å². The van der Waals surface area contributed by atoms with Crippen molar-refractivity contribution in [2.45, 2.75) is 19.8 Å². The van der Waals surface area contributed by atoms with Crippen LogP contribution in [-0.2, 0) is 4.79 Å². The highest BCUT2D eigenvalue weighted by atomic mass is 32.2. The van der Waals surface area contributed by atoms with E-state index in [2.05, 4.69) is 17.2 Å². The molecule has 0 heterocycles. The number of carbonyl (C=O) groups is 1. The number of aliphatic hydroxyl groups is 1. The van der Waals surface area contributed by atoms with Gasteiger partial charge in [-0.05, 0) is 30.9 Å². The third-order valence-corrected chi connectivity index (χ3v) is 3.13. The van der Waals surface area contributed by atoms with E-state index in [4.69, 9.17) is 5.11 Å². The third-order valence-electron chi connectivity index (χ3n) is 2.51. The molecule has 0 spiro atoms. The van der Waals surface area contributed by atoms with E-state index in [0.29, 0.717) is 12.8 Å². The van der Waals surface area contributed by atoms with E-state index in [1.165, 1.54) is 0 Å². The van der Waals surface area contributed by atoms with E-state index < -0.39 is 0 Å². The normalized spacial score (nSPS) is 9.63. The van der Waals surface area contributed by atoms with Crippen molar-refractivity contribution in [3.8, 4) is 11.8 Å². The lowest BCUT2D eigenvalue weighted by atomic mass is 10.1. The Hall–Kier alpha value is -1.44. The molecular formula is C15H19NO2S. The molecule has 102 valence electrons. The number of carbonyl (C=O) groups excluding carboxylic acids is 1. The van der Waals surface area contributed by atoms with Gasteiger partial charge in [-0.3, -0.25) is 4.79 Å². The van der Waals surface area contributed by atoms with Gasteiger partial charge in [0.15, 0.2) is 0 Å². The zero-order valence-electron chi connectivity index (χ0n) is 11.3. The fourth-order valence-electron chi connectivity index (χ4n) is 1.47. The molecule has 1 aromatic carbocycles. The zero-order chi connectivity index (χ0) is 14.1. The summed E-state index contributed by atoms with van der Waals surface area (Å²) in [4.78, 5) is 11.6. The Bertz CT molecular complexity index is 489. The van der Waals surface area contributed by atoms with Crippen LogP contribution in [0.2, 0.25) is 0 Å². The van der Waals surface area contributed by atoms with Crippen LogP contribution in [0.5, 0.6) is 0 Å². The number of rotatable bonds is 5. The average molecular weight is 277 g/mol. The van der Waals surface area contributed by atoms with E-state index in [9.17, 15) is 4.79 Å². The van der Waals surface area contributed by atoms with Gasteiger partial charge in [0, 0.05) is 29.8 Å². The standard InChI is InChI=1S/C15H19NO2S/c1-12-6-7-14(16-15(18)8-10-19-2)11-13(12)5-3-4-9-17/h6-7,11,17H,4,8-10H2,1-2H3,(H,16,18). The molecule has 0 aliphatic rings. The molecule has 3 nitrogen and oxygen atoms in total. The molecule has 0 aromatic heterocycles. The zero-order valence-corrected chi connectivity index (χ0v) is 12.1. The van der Waals surface area contributed by atoms with Gasteiger partial charge in [-0.25, -0.2) is 0 Å². The van der Waals surface area contributed by atoms with Crippen LogP contribution < -0.4 is 5.32 Å². The fraction of sp³-hybridized carbons (Fsp3) is 0.400. The minimum Gasteiger partial charge on any atom is -0.395 e. The van der Waals surface area contributed by atoms with Crippen LogP contribution in [0.4, 0.5) is 5.69 Å². The lowest BCUT2D eigenvalue weighted by Gasteiger charge is -2.06. The van der Waals surface area contributed by atoms with Gasteiger partial charge in [-0.2, -0.15) is 11.8 Å². The number of hydrogen-bond donors (Lipinski definition) is 2. The Labute approximate surface area is 118 Å². The number of aryl methyl sites for hydroxylation is 1. The molecule has 1 aromatic rings. The highest BCUT2D eigenvalue weighted by Crippen LogP contribution is 2.15. The summed E-state index contributed by atoms with van der Waals surface area (Å²) in [5, 5.41) is 11.6. The summed E-state index contributed by atoms with van der Waals surface area (Å²) in [7, 11) is 0. The van der Waals surface area contributed by atoms with E-state index in [0.717, 1.165) is 22.6 Å². The van der Waals surface area contributed by atoms with Gasteiger partial charge in [-0.1, -0.05) is 17.9 Å². The fourth-order valence-corrected chi connectivity index (χ4v) is 1.86. The number of aliphatic hydroxyl groups excluding tert-OH is 1. The first-order valence-corrected chi connectivity index (χ1v) is 7.56. The molecule has 0 aliphatic carbocycles. The molecule has 0 bridgehead atoms. The summed E-state index contributed by atoms with van der Waals surface area (Å²) in [5.74, 6) is 6.74.